The van der Waals surface area contributed by atoms with E-state index < -0.39 is 0 Å². The Morgan fingerprint density at radius 2 is 1.42 bits per heavy atom. The van der Waals surface area contributed by atoms with Gasteiger partial charge in [-0.05, 0) is 47.9 Å². The van der Waals surface area contributed by atoms with Crippen LogP contribution in [0.3, 0.4) is 0 Å². The highest BCUT2D eigenvalue weighted by Crippen LogP contribution is 2.58. The summed E-state index contributed by atoms with van der Waals surface area (Å²) in [5, 5.41) is 6.06. The van der Waals surface area contributed by atoms with Gasteiger partial charge in [-0.15, -0.1) is 0 Å². The first kappa shape index (κ1) is 27.2. The van der Waals surface area contributed by atoms with Gasteiger partial charge in [0.25, 0.3) is 0 Å². The molecule has 0 spiro atoms. The molecule has 5 aromatic rings. The molecule has 5 heteroatoms. The molecule has 0 saturated carbocycles. The van der Waals surface area contributed by atoms with Gasteiger partial charge in [0.15, 0.2) is 5.84 Å². The number of para-hydroxylation sites is 1. The minimum atomic E-state index is -0.235. The summed E-state index contributed by atoms with van der Waals surface area (Å²) >= 11 is 0. The van der Waals surface area contributed by atoms with Gasteiger partial charge in [0.05, 0.1) is 5.92 Å². The number of amidine groups is 2. The van der Waals surface area contributed by atoms with Crippen LogP contribution in [0.15, 0.2) is 167 Å². The standard InChI is InChI=1S/C43H32N4O/c1-3-13-27(14-4-1)41-44-42(28-15-5-2-6-16-28)46-43(45-41)29-23-25-30(26-24-29)47-35-21-11-9-19-33(35)37-38-34-20-10-12-22-36(34)48-40(38)32-18-8-7-17-31(32)39(37)47/h1-11,13-21,23-26,37-38,41H,12,22H2,(H,44,45,46). The third-order valence-corrected chi connectivity index (χ3v) is 10.1. The van der Waals surface area contributed by atoms with Crippen LogP contribution < -0.4 is 20.7 Å². The number of nitrogens with one attached hydrogen (secondary N) is 1. The molecule has 3 heterocycles. The first-order valence-corrected chi connectivity index (χ1v) is 16.8. The second-order valence-electron chi connectivity index (χ2n) is 12.8. The number of fused-ring (bicyclic) bond motifs is 7. The van der Waals surface area contributed by atoms with E-state index in [1.165, 1.54) is 33.0 Å². The lowest BCUT2D eigenvalue weighted by atomic mass is 9.75. The van der Waals surface area contributed by atoms with E-state index in [9.17, 15) is 0 Å². The molecule has 0 radical (unpaired) electrons. The fourth-order valence-electron chi connectivity index (χ4n) is 8.02. The maximum atomic E-state index is 6.71. The molecule has 5 nitrogen and oxygen atoms in total. The average molecular weight is 621 g/mol. The Morgan fingerprint density at radius 3 is 2.25 bits per heavy atom. The van der Waals surface area contributed by atoms with Crippen molar-refractivity contribution in [2.24, 2.45) is 15.9 Å². The average Bonchev–Trinajstić information content (AvgIpc) is 3.72. The second kappa shape index (κ2) is 10.8. The zero-order chi connectivity index (χ0) is 31.6. The van der Waals surface area contributed by atoms with Crippen molar-refractivity contribution >= 4 is 34.5 Å². The zero-order valence-corrected chi connectivity index (χ0v) is 26.3. The zero-order valence-electron chi connectivity index (χ0n) is 26.3. The van der Waals surface area contributed by atoms with Crippen LogP contribution in [-0.2, 0) is 4.74 Å². The molecule has 5 aliphatic rings. The SMILES string of the molecule is C1=CC2=C(CC1)OC1=c3ccccc3=C3C(c4ccccc4N3c3ccc(C4=NC(c5ccccc5)=NC(c5ccccc5)N4)cc3)C21. The maximum Gasteiger partial charge on any atom is 0.159 e. The van der Waals surface area contributed by atoms with Gasteiger partial charge in [0.1, 0.15) is 23.5 Å². The molecule has 10 rings (SSSR count). The number of hydrogen-bond donors (Lipinski definition) is 1. The minimum Gasteiger partial charge on any atom is -0.464 e. The van der Waals surface area contributed by atoms with Gasteiger partial charge in [-0.3, -0.25) is 0 Å². The van der Waals surface area contributed by atoms with Gasteiger partial charge in [0, 0.05) is 56.5 Å². The normalized spacial score (nSPS) is 21.7. The number of anilines is 2. The van der Waals surface area contributed by atoms with E-state index in [2.05, 4.69) is 132 Å². The van der Waals surface area contributed by atoms with Crippen LogP contribution in [0.5, 0.6) is 0 Å². The number of ether oxygens (including phenoxy) is 1. The number of aliphatic imine (C=N–C) groups is 2. The van der Waals surface area contributed by atoms with Gasteiger partial charge in [-0.1, -0.05) is 115 Å². The largest absolute Gasteiger partial charge is 0.464 e. The van der Waals surface area contributed by atoms with E-state index >= 15 is 0 Å². The first-order valence-electron chi connectivity index (χ1n) is 16.8. The highest BCUT2D eigenvalue weighted by molar-refractivity contribution is 6.13. The third-order valence-electron chi connectivity index (χ3n) is 10.1. The molecule has 0 amide bonds. The van der Waals surface area contributed by atoms with Crippen LogP contribution >= 0.6 is 0 Å². The molecular formula is C43H32N4O. The summed E-state index contributed by atoms with van der Waals surface area (Å²) < 4.78 is 6.71. The topological polar surface area (TPSA) is 49.2 Å². The van der Waals surface area contributed by atoms with E-state index in [4.69, 9.17) is 14.7 Å². The summed E-state index contributed by atoms with van der Waals surface area (Å²) in [7, 11) is 0. The monoisotopic (exact) mass is 620 g/mol. The number of nitrogens with zero attached hydrogens (tertiary/aromatic N) is 3. The summed E-state index contributed by atoms with van der Waals surface area (Å²) in [6.45, 7) is 0. The Balaban J connectivity index is 1.09. The quantitative estimate of drug-likeness (QED) is 0.225. The lowest BCUT2D eigenvalue weighted by molar-refractivity contribution is 0.357. The smallest absolute Gasteiger partial charge is 0.159 e. The third kappa shape index (κ3) is 4.17. The fraction of sp³-hybridized carbons (Fsp3) is 0.116. The summed E-state index contributed by atoms with van der Waals surface area (Å²) in [6, 6.07) is 47.1. The van der Waals surface area contributed by atoms with Crippen molar-refractivity contribution in [1.82, 2.24) is 5.32 Å². The van der Waals surface area contributed by atoms with Gasteiger partial charge in [-0.2, -0.15) is 0 Å². The molecule has 230 valence electrons. The van der Waals surface area contributed by atoms with E-state index in [0.29, 0.717) is 0 Å². The van der Waals surface area contributed by atoms with Crippen LogP contribution in [0.1, 0.15) is 47.2 Å². The van der Waals surface area contributed by atoms with Crippen molar-refractivity contribution in [2.75, 3.05) is 4.90 Å². The molecule has 0 aromatic heterocycles. The Labute approximate surface area is 279 Å². The Bertz CT molecular complexity index is 2350. The van der Waals surface area contributed by atoms with Crippen molar-refractivity contribution in [3.05, 3.63) is 190 Å². The van der Waals surface area contributed by atoms with E-state index in [1.54, 1.807) is 0 Å². The van der Waals surface area contributed by atoms with Crippen LogP contribution in [0.2, 0.25) is 0 Å². The van der Waals surface area contributed by atoms with Crippen molar-refractivity contribution < 1.29 is 4.74 Å². The summed E-state index contributed by atoms with van der Waals surface area (Å²) in [5.74, 6) is 4.12. The predicted octanol–water partition coefficient (Wildman–Crippen LogP) is 7.60. The summed E-state index contributed by atoms with van der Waals surface area (Å²) in [6.07, 6.45) is 6.38. The number of rotatable bonds is 4. The molecule has 3 aliphatic heterocycles. The van der Waals surface area contributed by atoms with Crippen LogP contribution in [-0.4, -0.2) is 11.7 Å². The molecule has 0 saturated heterocycles. The molecule has 3 atom stereocenters. The molecule has 48 heavy (non-hydrogen) atoms. The van der Waals surface area contributed by atoms with Crippen LogP contribution in [0.25, 0.3) is 11.5 Å². The summed E-state index contributed by atoms with van der Waals surface area (Å²) in [4.78, 5) is 12.5. The Morgan fingerprint density at radius 1 is 0.688 bits per heavy atom. The lowest BCUT2D eigenvalue weighted by Crippen LogP contribution is -2.40. The molecule has 1 N–H and O–H groups in total. The van der Waals surface area contributed by atoms with Crippen LogP contribution in [0, 0.1) is 5.92 Å². The maximum absolute atomic E-state index is 6.71. The van der Waals surface area contributed by atoms with Gasteiger partial charge in [0.2, 0.25) is 0 Å². The van der Waals surface area contributed by atoms with E-state index in [1.807, 2.05) is 24.3 Å². The van der Waals surface area contributed by atoms with Crippen molar-refractivity contribution in [2.45, 2.75) is 24.9 Å². The van der Waals surface area contributed by atoms with Gasteiger partial charge >= 0.3 is 0 Å². The number of hydrogen-bond acceptors (Lipinski definition) is 5. The molecular weight excluding hydrogens is 589 g/mol. The Kier molecular flexibility index (Phi) is 6.13. The summed E-state index contributed by atoms with van der Waals surface area (Å²) in [5.41, 5.74) is 9.47. The van der Waals surface area contributed by atoms with Gasteiger partial charge in [-0.25, -0.2) is 9.98 Å². The van der Waals surface area contributed by atoms with Crippen molar-refractivity contribution in [1.29, 1.82) is 0 Å². The minimum absolute atomic E-state index is 0.165. The molecule has 0 fully saturated rings. The van der Waals surface area contributed by atoms with E-state index in [-0.39, 0.29) is 18.0 Å². The highest BCUT2D eigenvalue weighted by atomic mass is 16.5. The molecule has 3 unspecified atom stereocenters. The second-order valence-corrected chi connectivity index (χ2v) is 12.8. The number of allylic oxidation sites excluding steroid dienone is 3. The van der Waals surface area contributed by atoms with Gasteiger partial charge < -0.3 is 15.0 Å². The molecule has 5 aromatic carbocycles. The molecule has 0 bridgehead atoms. The molecule has 2 aliphatic carbocycles. The first-order chi connectivity index (χ1) is 23.8. The predicted molar refractivity (Wildman–Crippen MR) is 192 cm³/mol. The fourth-order valence-corrected chi connectivity index (χ4v) is 8.02. The Hall–Kier alpha value is -5.94. The van der Waals surface area contributed by atoms with Crippen molar-refractivity contribution in [3.8, 4) is 0 Å². The van der Waals surface area contributed by atoms with Crippen molar-refractivity contribution in [3.63, 3.8) is 0 Å². The number of benzene rings is 5. The lowest BCUT2D eigenvalue weighted by Gasteiger charge is -2.30. The van der Waals surface area contributed by atoms with E-state index in [0.717, 1.165) is 58.4 Å². The van der Waals surface area contributed by atoms with Crippen LogP contribution in [0.4, 0.5) is 11.4 Å². The highest BCUT2D eigenvalue weighted by Gasteiger charge is 2.48.